The Morgan fingerprint density at radius 2 is 1.62 bits per heavy atom. The van der Waals surface area contributed by atoms with Gasteiger partial charge in [-0.3, -0.25) is 0 Å². The van der Waals surface area contributed by atoms with Crippen LogP contribution in [0.1, 0.15) is 5.56 Å². The first-order valence-corrected chi connectivity index (χ1v) is 7.12. The van der Waals surface area contributed by atoms with E-state index in [1.54, 1.807) is 7.11 Å². The van der Waals surface area contributed by atoms with Gasteiger partial charge >= 0.3 is 0 Å². The van der Waals surface area contributed by atoms with Gasteiger partial charge in [-0.1, -0.05) is 36.4 Å². The summed E-state index contributed by atoms with van der Waals surface area (Å²) in [7, 11) is 3.67. The molecule has 0 aromatic heterocycles. The fourth-order valence-electron chi connectivity index (χ4n) is 2.60. The van der Waals surface area contributed by atoms with Crippen LogP contribution < -0.4 is 10.1 Å². The van der Waals surface area contributed by atoms with E-state index in [9.17, 15) is 0 Å². The van der Waals surface area contributed by atoms with Crippen molar-refractivity contribution in [3.63, 3.8) is 0 Å². The normalized spacial score (nSPS) is 10.8. The molecule has 3 aromatic carbocycles. The molecular weight excluding hydrogens is 258 g/mol. The summed E-state index contributed by atoms with van der Waals surface area (Å²) in [6.07, 6.45) is 0. The lowest BCUT2D eigenvalue weighted by molar-refractivity contribution is 0.415. The number of methoxy groups -OCH3 is 1. The third-order valence-electron chi connectivity index (χ3n) is 3.69. The molecule has 0 amide bonds. The van der Waals surface area contributed by atoms with Gasteiger partial charge in [0.1, 0.15) is 5.75 Å². The van der Waals surface area contributed by atoms with Crippen molar-refractivity contribution >= 4 is 10.8 Å². The van der Waals surface area contributed by atoms with Gasteiger partial charge in [0.15, 0.2) is 0 Å². The van der Waals surface area contributed by atoms with E-state index < -0.39 is 0 Å². The highest BCUT2D eigenvalue weighted by Gasteiger charge is 2.02. The molecule has 0 saturated heterocycles. The summed E-state index contributed by atoms with van der Waals surface area (Å²) in [6, 6.07) is 21.4. The Labute approximate surface area is 125 Å². The van der Waals surface area contributed by atoms with Crippen LogP contribution in [0.25, 0.3) is 21.9 Å². The van der Waals surface area contributed by atoms with E-state index in [-0.39, 0.29) is 0 Å². The van der Waals surface area contributed by atoms with Gasteiger partial charge in [-0.15, -0.1) is 0 Å². The molecule has 0 atom stereocenters. The first kappa shape index (κ1) is 13.7. The predicted molar refractivity (Wildman–Crippen MR) is 88.7 cm³/mol. The molecule has 21 heavy (non-hydrogen) atoms. The SMILES string of the molecule is CNCc1cccc(-c2ccc3cc(OC)ccc3c2)c1. The van der Waals surface area contributed by atoms with E-state index in [0.29, 0.717) is 0 Å². The molecule has 0 aliphatic carbocycles. The first-order chi connectivity index (χ1) is 10.3. The zero-order valence-corrected chi connectivity index (χ0v) is 12.4. The van der Waals surface area contributed by atoms with Crippen LogP contribution >= 0.6 is 0 Å². The number of ether oxygens (including phenoxy) is 1. The Balaban J connectivity index is 2.02. The molecule has 1 N–H and O–H groups in total. The Kier molecular flexibility index (Phi) is 3.89. The average Bonchev–Trinajstić information content (AvgIpc) is 2.54. The number of fused-ring (bicyclic) bond motifs is 1. The smallest absolute Gasteiger partial charge is 0.119 e. The van der Waals surface area contributed by atoms with Crippen LogP contribution in [-0.2, 0) is 6.54 Å². The molecule has 106 valence electrons. The molecule has 0 aliphatic rings. The lowest BCUT2D eigenvalue weighted by Crippen LogP contribution is -2.04. The molecule has 0 unspecified atom stereocenters. The molecule has 3 aromatic rings. The van der Waals surface area contributed by atoms with Crippen molar-refractivity contribution in [3.8, 4) is 16.9 Å². The topological polar surface area (TPSA) is 21.3 Å². The fraction of sp³-hybridized carbons (Fsp3) is 0.158. The summed E-state index contributed by atoms with van der Waals surface area (Å²) in [5, 5.41) is 5.62. The quantitative estimate of drug-likeness (QED) is 0.770. The Morgan fingerprint density at radius 1 is 0.857 bits per heavy atom. The molecule has 3 rings (SSSR count). The number of hydrogen-bond acceptors (Lipinski definition) is 2. The highest BCUT2D eigenvalue weighted by atomic mass is 16.5. The lowest BCUT2D eigenvalue weighted by Gasteiger charge is -2.08. The van der Waals surface area contributed by atoms with Crippen molar-refractivity contribution in [2.45, 2.75) is 6.54 Å². The third kappa shape index (κ3) is 2.91. The number of benzene rings is 3. The number of nitrogens with one attached hydrogen (secondary N) is 1. The van der Waals surface area contributed by atoms with E-state index in [4.69, 9.17) is 4.74 Å². The largest absolute Gasteiger partial charge is 0.497 e. The maximum atomic E-state index is 5.27. The molecule has 0 heterocycles. The fourth-order valence-corrected chi connectivity index (χ4v) is 2.60. The molecule has 0 spiro atoms. The first-order valence-electron chi connectivity index (χ1n) is 7.12. The minimum absolute atomic E-state index is 0.888. The van der Waals surface area contributed by atoms with Gasteiger partial charge in [-0.05, 0) is 58.8 Å². The van der Waals surface area contributed by atoms with Crippen molar-refractivity contribution < 1.29 is 4.74 Å². The highest BCUT2D eigenvalue weighted by Crippen LogP contribution is 2.27. The molecule has 2 nitrogen and oxygen atoms in total. The van der Waals surface area contributed by atoms with Gasteiger partial charge in [0.25, 0.3) is 0 Å². The zero-order valence-electron chi connectivity index (χ0n) is 12.4. The zero-order chi connectivity index (χ0) is 14.7. The predicted octanol–water partition coefficient (Wildman–Crippen LogP) is 4.23. The summed E-state index contributed by atoms with van der Waals surface area (Å²) in [5.74, 6) is 0.895. The van der Waals surface area contributed by atoms with Crippen LogP contribution in [-0.4, -0.2) is 14.2 Å². The summed E-state index contributed by atoms with van der Waals surface area (Å²) in [4.78, 5) is 0. The minimum atomic E-state index is 0.888. The molecule has 0 saturated carbocycles. The highest BCUT2D eigenvalue weighted by molar-refractivity contribution is 5.88. The van der Waals surface area contributed by atoms with E-state index in [1.165, 1.54) is 27.5 Å². The third-order valence-corrected chi connectivity index (χ3v) is 3.69. The Morgan fingerprint density at radius 3 is 2.43 bits per heavy atom. The summed E-state index contributed by atoms with van der Waals surface area (Å²) < 4.78 is 5.27. The molecule has 2 heteroatoms. The van der Waals surface area contributed by atoms with Crippen LogP contribution in [0.3, 0.4) is 0 Å². The molecule has 0 bridgehead atoms. The maximum absolute atomic E-state index is 5.27. The van der Waals surface area contributed by atoms with Gasteiger partial charge in [0.2, 0.25) is 0 Å². The minimum Gasteiger partial charge on any atom is -0.497 e. The summed E-state index contributed by atoms with van der Waals surface area (Å²) >= 11 is 0. The summed E-state index contributed by atoms with van der Waals surface area (Å²) in [5.41, 5.74) is 3.79. The van der Waals surface area contributed by atoms with Crippen LogP contribution in [0.15, 0.2) is 60.7 Å². The standard InChI is InChI=1S/C19H19NO/c1-20-13-14-4-3-5-15(10-14)16-6-7-18-12-19(21-2)9-8-17(18)11-16/h3-12,20H,13H2,1-2H3. The van der Waals surface area contributed by atoms with Gasteiger partial charge in [-0.25, -0.2) is 0 Å². The number of hydrogen-bond donors (Lipinski definition) is 1. The van der Waals surface area contributed by atoms with Gasteiger partial charge in [0.05, 0.1) is 7.11 Å². The monoisotopic (exact) mass is 277 g/mol. The van der Waals surface area contributed by atoms with E-state index >= 15 is 0 Å². The molecule has 0 radical (unpaired) electrons. The summed E-state index contributed by atoms with van der Waals surface area (Å²) in [6.45, 7) is 0.888. The second-order valence-corrected chi connectivity index (χ2v) is 5.16. The molecule has 0 fully saturated rings. The average molecular weight is 277 g/mol. The van der Waals surface area contributed by atoms with Crippen LogP contribution in [0.4, 0.5) is 0 Å². The molecule has 0 aliphatic heterocycles. The number of rotatable bonds is 4. The van der Waals surface area contributed by atoms with Crippen LogP contribution in [0.5, 0.6) is 5.75 Å². The van der Waals surface area contributed by atoms with E-state index in [1.807, 2.05) is 13.1 Å². The van der Waals surface area contributed by atoms with Crippen molar-refractivity contribution in [3.05, 3.63) is 66.2 Å². The van der Waals surface area contributed by atoms with Crippen LogP contribution in [0, 0.1) is 0 Å². The van der Waals surface area contributed by atoms with Crippen LogP contribution in [0.2, 0.25) is 0 Å². The van der Waals surface area contributed by atoms with Crippen molar-refractivity contribution in [2.75, 3.05) is 14.2 Å². The van der Waals surface area contributed by atoms with Gasteiger partial charge in [0, 0.05) is 6.54 Å². The Hall–Kier alpha value is -2.32. The molecular formula is C19H19NO. The second-order valence-electron chi connectivity index (χ2n) is 5.16. The van der Waals surface area contributed by atoms with Crippen molar-refractivity contribution in [2.24, 2.45) is 0 Å². The van der Waals surface area contributed by atoms with Crippen molar-refractivity contribution in [1.82, 2.24) is 5.32 Å². The maximum Gasteiger partial charge on any atom is 0.119 e. The van der Waals surface area contributed by atoms with E-state index in [2.05, 4.69) is 59.9 Å². The second kappa shape index (κ2) is 5.98. The van der Waals surface area contributed by atoms with Gasteiger partial charge in [-0.2, -0.15) is 0 Å². The van der Waals surface area contributed by atoms with E-state index in [0.717, 1.165) is 12.3 Å². The Bertz CT molecular complexity index is 764. The van der Waals surface area contributed by atoms with Crippen molar-refractivity contribution in [1.29, 1.82) is 0 Å². The lowest BCUT2D eigenvalue weighted by atomic mass is 9.99. The van der Waals surface area contributed by atoms with Gasteiger partial charge < -0.3 is 10.1 Å².